The second-order valence-electron chi connectivity index (χ2n) is 6.39. The number of hydrogen-bond acceptors (Lipinski definition) is 3. The third-order valence-electron chi connectivity index (χ3n) is 4.52. The summed E-state index contributed by atoms with van der Waals surface area (Å²) in [6, 6.07) is 5.59. The van der Waals surface area contributed by atoms with Crippen LogP contribution in [0.2, 0.25) is 0 Å². The lowest BCUT2D eigenvalue weighted by Gasteiger charge is -2.26. The lowest BCUT2D eigenvalue weighted by atomic mass is 9.81. The van der Waals surface area contributed by atoms with Crippen LogP contribution in [0.5, 0.6) is 11.5 Å². The Morgan fingerprint density at radius 3 is 2.74 bits per heavy atom. The summed E-state index contributed by atoms with van der Waals surface area (Å²) in [5.74, 6) is 3.47. The highest BCUT2D eigenvalue weighted by Crippen LogP contribution is 2.31. The molecule has 1 fully saturated rings. The van der Waals surface area contributed by atoms with Gasteiger partial charge in [0.25, 0.3) is 0 Å². The molecule has 1 aliphatic rings. The van der Waals surface area contributed by atoms with Gasteiger partial charge >= 0.3 is 0 Å². The Bertz CT molecular complexity index is 531. The molecule has 2 rings (SSSR count). The second kappa shape index (κ2) is 8.65. The van der Waals surface area contributed by atoms with Crippen LogP contribution in [0.4, 0.5) is 5.69 Å². The van der Waals surface area contributed by atoms with Gasteiger partial charge in [-0.3, -0.25) is 4.99 Å². The minimum atomic E-state index is 0.445. The third-order valence-corrected chi connectivity index (χ3v) is 4.52. The molecule has 1 aliphatic carbocycles. The number of nitrogens with one attached hydrogen (secondary N) is 1. The topological polar surface area (TPSA) is 68.9 Å². The molecular weight excluding hydrogens is 290 g/mol. The Morgan fingerprint density at radius 1 is 1.26 bits per heavy atom. The van der Waals surface area contributed by atoms with Crippen LogP contribution < -0.4 is 20.5 Å². The van der Waals surface area contributed by atoms with E-state index in [2.05, 4.69) is 17.2 Å². The zero-order valence-electron chi connectivity index (χ0n) is 14.5. The number of rotatable bonds is 6. The lowest BCUT2D eigenvalue weighted by Crippen LogP contribution is -2.23. The summed E-state index contributed by atoms with van der Waals surface area (Å²) >= 11 is 0. The van der Waals surface area contributed by atoms with Crippen molar-refractivity contribution in [1.82, 2.24) is 0 Å². The number of nitrogens with two attached hydrogens (primary N) is 1. The first-order valence-corrected chi connectivity index (χ1v) is 8.41. The summed E-state index contributed by atoms with van der Waals surface area (Å²) in [4.78, 5) is 4.45. The second-order valence-corrected chi connectivity index (χ2v) is 6.39. The quantitative estimate of drug-likeness (QED) is 0.620. The molecule has 3 N–H and O–H groups in total. The maximum atomic E-state index is 5.98. The van der Waals surface area contributed by atoms with Crippen molar-refractivity contribution in [1.29, 1.82) is 0 Å². The molecule has 0 aliphatic heterocycles. The first kappa shape index (κ1) is 17.4. The summed E-state index contributed by atoms with van der Waals surface area (Å²) in [5, 5.41) is 3.11. The average molecular weight is 319 g/mol. The predicted octanol–water partition coefficient (Wildman–Crippen LogP) is 3.65. The zero-order valence-corrected chi connectivity index (χ0v) is 14.5. The Hall–Kier alpha value is -1.91. The number of benzene rings is 1. The van der Waals surface area contributed by atoms with Gasteiger partial charge < -0.3 is 20.5 Å². The van der Waals surface area contributed by atoms with Gasteiger partial charge in [-0.25, -0.2) is 0 Å². The van der Waals surface area contributed by atoms with E-state index in [-0.39, 0.29) is 0 Å². The molecule has 5 heteroatoms. The maximum absolute atomic E-state index is 5.98. The molecule has 1 aromatic rings. The van der Waals surface area contributed by atoms with Crippen LogP contribution >= 0.6 is 0 Å². The van der Waals surface area contributed by atoms with Gasteiger partial charge in [0.15, 0.2) is 17.5 Å². The van der Waals surface area contributed by atoms with Crippen LogP contribution in [0.1, 0.15) is 39.0 Å². The van der Waals surface area contributed by atoms with Crippen LogP contribution in [-0.2, 0) is 0 Å². The fourth-order valence-electron chi connectivity index (χ4n) is 3.29. The van der Waals surface area contributed by atoms with Gasteiger partial charge in [0.1, 0.15) is 0 Å². The van der Waals surface area contributed by atoms with Gasteiger partial charge in [0.05, 0.1) is 14.2 Å². The number of anilines is 1. The zero-order chi connectivity index (χ0) is 16.7. The summed E-state index contributed by atoms with van der Waals surface area (Å²) in [7, 11) is 3.23. The van der Waals surface area contributed by atoms with Crippen molar-refractivity contribution in [3.63, 3.8) is 0 Å². The van der Waals surface area contributed by atoms with Gasteiger partial charge in [-0.15, -0.1) is 0 Å². The number of aliphatic imine (C=N–C) groups is 1. The molecule has 2 atom stereocenters. The van der Waals surface area contributed by atoms with E-state index in [4.69, 9.17) is 15.2 Å². The average Bonchev–Trinajstić information content (AvgIpc) is 2.54. The van der Waals surface area contributed by atoms with E-state index in [1.807, 2.05) is 18.2 Å². The number of guanidine groups is 1. The maximum Gasteiger partial charge on any atom is 0.193 e. The van der Waals surface area contributed by atoms with Gasteiger partial charge in [-0.1, -0.05) is 26.2 Å². The summed E-state index contributed by atoms with van der Waals surface area (Å²) in [6.07, 6.45) is 6.53. The third kappa shape index (κ3) is 5.34. The Balaban J connectivity index is 1.84. The molecule has 0 spiro atoms. The van der Waals surface area contributed by atoms with Crippen molar-refractivity contribution in [2.24, 2.45) is 22.6 Å². The van der Waals surface area contributed by atoms with Gasteiger partial charge in [0, 0.05) is 18.3 Å². The van der Waals surface area contributed by atoms with Crippen molar-refractivity contribution in [2.45, 2.75) is 39.0 Å². The fourth-order valence-corrected chi connectivity index (χ4v) is 3.29. The molecule has 0 amide bonds. The van der Waals surface area contributed by atoms with E-state index in [0.29, 0.717) is 17.5 Å². The molecule has 0 bridgehead atoms. The minimum Gasteiger partial charge on any atom is -0.493 e. The minimum absolute atomic E-state index is 0.445. The highest BCUT2D eigenvalue weighted by Gasteiger charge is 2.18. The molecule has 1 saturated carbocycles. The van der Waals surface area contributed by atoms with Crippen molar-refractivity contribution in [2.75, 3.05) is 26.1 Å². The highest BCUT2D eigenvalue weighted by atomic mass is 16.5. The summed E-state index contributed by atoms with van der Waals surface area (Å²) in [6.45, 7) is 3.13. The Labute approximate surface area is 139 Å². The van der Waals surface area contributed by atoms with E-state index in [1.54, 1.807) is 14.2 Å². The fraction of sp³-hybridized carbons (Fsp3) is 0.611. The van der Waals surface area contributed by atoms with Crippen molar-refractivity contribution >= 4 is 11.6 Å². The number of methoxy groups -OCH3 is 2. The number of nitrogens with zero attached hydrogens (tertiary/aromatic N) is 1. The van der Waals surface area contributed by atoms with Crippen LogP contribution in [0.25, 0.3) is 0 Å². The summed E-state index contributed by atoms with van der Waals surface area (Å²) in [5.41, 5.74) is 6.82. The smallest absolute Gasteiger partial charge is 0.193 e. The number of hydrogen-bond donors (Lipinski definition) is 2. The normalized spacial score (nSPS) is 21.8. The molecule has 128 valence electrons. The van der Waals surface area contributed by atoms with E-state index < -0.39 is 0 Å². The van der Waals surface area contributed by atoms with E-state index in [0.717, 1.165) is 30.5 Å². The van der Waals surface area contributed by atoms with Gasteiger partial charge in [0.2, 0.25) is 0 Å². The number of ether oxygens (including phenoxy) is 2. The SMILES string of the molecule is COc1ccc(NC(N)=NCCC2CCCC(C)C2)cc1OC. The Morgan fingerprint density at radius 2 is 2.04 bits per heavy atom. The van der Waals surface area contributed by atoms with Crippen LogP contribution in [0.3, 0.4) is 0 Å². The van der Waals surface area contributed by atoms with Gasteiger partial charge in [-0.2, -0.15) is 0 Å². The molecule has 0 radical (unpaired) electrons. The molecular formula is C18H29N3O2. The van der Waals surface area contributed by atoms with Crippen molar-refractivity contribution in [3.05, 3.63) is 18.2 Å². The molecule has 0 saturated heterocycles. The van der Waals surface area contributed by atoms with Crippen LogP contribution in [-0.4, -0.2) is 26.7 Å². The first-order chi connectivity index (χ1) is 11.1. The molecule has 5 nitrogen and oxygen atoms in total. The highest BCUT2D eigenvalue weighted by molar-refractivity contribution is 5.92. The molecule has 2 unspecified atom stereocenters. The van der Waals surface area contributed by atoms with Crippen LogP contribution in [0, 0.1) is 11.8 Å². The standard InChI is InChI=1S/C18H29N3O2/c1-13-5-4-6-14(11-13)9-10-20-18(19)21-15-7-8-16(22-2)17(12-15)23-3/h7-8,12-14H,4-6,9-11H2,1-3H3,(H3,19,20,21). The monoisotopic (exact) mass is 319 g/mol. The lowest BCUT2D eigenvalue weighted by molar-refractivity contribution is 0.273. The van der Waals surface area contributed by atoms with Gasteiger partial charge in [-0.05, 0) is 36.8 Å². The van der Waals surface area contributed by atoms with E-state index >= 15 is 0 Å². The van der Waals surface area contributed by atoms with Crippen molar-refractivity contribution < 1.29 is 9.47 Å². The summed E-state index contributed by atoms with van der Waals surface area (Å²) < 4.78 is 10.5. The molecule has 1 aromatic carbocycles. The van der Waals surface area contributed by atoms with E-state index in [9.17, 15) is 0 Å². The first-order valence-electron chi connectivity index (χ1n) is 8.41. The molecule has 0 aromatic heterocycles. The predicted molar refractivity (Wildman–Crippen MR) is 95.4 cm³/mol. The largest absolute Gasteiger partial charge is 0.493 e. The van der Waals surface area contributed by atoms with Crippen molar-refractivity contribution in [3.8, 4) is 11.5 Å². The van der Waals surface area contributed by atoms with Crippen LogP contribution in [0.15, 0.2) is 23.2 Å². The molecule has 0 heterocycles. The van der Waals surface area contributed by atoms with E-state index in [1.165, 1.54) is 25.7 Å². The Kier molecular flexibility index (Phi) is 6.56. The molecule has 23 heavy (non-hydrogen) atoms.